The third-order valence-corrected chi connectivity index (χ3v) is 2.60. The van der Waals surface area contributed by atoms with E-state index in [1.807, 2.05) is 6.92 Å². The second kappa shape index (κ2) is 2.77. The van der Waals surface area contributed by atoms with E-state index >= 15 is 0 Å². The van der Waals surface area contributed by atoms with Crippen LogP contribution in [0.5, 0.6) is 0 Å². The molecule has 1 N–H and O–H groups in total. The van der Waals surface area contributed by atoms with Crippen LogP contribution in [0, 0.1) is 6.92 Å². The van der Waals surface area contributed by atoms with E-state index in [9.17, 15) is 0 Å². The molecule has 0 aromatic carbocycles. The highest BCUT2D eigenvalue weighted by Gasteiger charge is 2.01. The van der Waals surface area contributed by atoms with Gasteiger partial charge >= 0.3 is 0 Å². The quantitative estimate of drug-likeness (QED) is 0.761. The highest BCUT2D eigenvalue weighted by molar-refractivity contribution is 9.11. The second-order valence-corrected chi connectivity index (χ2v) is 3.99. The first-order chi connectivity index (χ1) is 4.24. The predicted octanol–water partition coefficient (Wildman–Crippen LogP) is 1.71. The summed E-state index contributed by atoms with van der Waals surface area (Å²) in [6.07, 6.45) is 0. The lowest BCUT2D eigenvalue weighted by molar-refractivity contribution is 0.284. The lowest BCUT2D eigenvalue weighted by Crippen LogP contribution is -1.79. The Morgan fingerprint density at radius 2 is 2.44 bits per heavy atom. The zero-order valence-corrected chi connectivity index (χ0v) is 7.29. The van der Waals surface area contributed by atoms with E-state index in [2.05, 4.69) is 20.9 Å². The van der Waals surface area contributed by atoms with Crippen molar-refractivity contribution in [1.29, 1.82) is 0 Å². The molecular formula is C5H6BrNOS. The van der Waals surface area contributed by atoms with Gasteiger partial charge in [0, 0.05) is 0 Å². The second-order valence-electron chi connectivity index (χ2n) is 1.63. The number of thiazole rings is 1. The molecule has 0 aliphatic carbocycles. The Balaban J connectivity index is 3.01. The molecule has 1 heterocycles. The van der Waals surface area contributed by atoms with Crippen molar-refractivity contribution in [2.75, 3.05) is 0 Å². The van der Waals surface area contributed by atoms with Gasteiger partial charge in [-0.1, -0.05) is 0 Å². The van der Waals surface area contributed by atoms with Crippen molar-refractivity contribution in [2.24, 2.45) is 0 Å². The number of aryl methyl sites for hydroxylation is 1. The molecule has 1 aromatic rings. The van der Waals surface area contributed by atoms with E-state index in [0.717, 1.165) is 14.5 Å². The van der Waals surface area contributed by atoms with E-state index in [0.29, 0.717) is 0 Å². The van der Waals surface area contributed by atoms with Gasteiger partial charge in [-0.25, -0.2) is 4.98 Å². The first-order valence-corrected chi connectivity index (χ1v) is 4.07. The summed E-state index contributed by atoms with van der Waals surface area (Å²) >= 11 is 4.69. The third-order valence-electron chi connectivity index (χ3n) is 1.01. The standard InChI is InChI=1S/C5H6BrNOS/c1-3-4(2-8)9-5(6)7-3/h8H,2H2,1H3. The molecule has 9 heavy (non-hydrogen) atoms. The number of aromatic nitrogens is 1. The molecule has 0 radical (unpaired) electrons. The number of hydrogen-bond acceptors (Lipinski definition) is 3. The minimum absolute atomic E-state index is 0.0924. The summed E-state index contributed by atoms with van der Waals surface area (Å²) in [6, 6.07) is 0. The fourth-order valence-corrected chi connectivity index (χ4v) is 2.04. The van der Waals surface area contributed by atoms with E-state index < -0.39 is 0 Å². The molecule has 0 saturated carbocycles. The van der Waals surface area contributed by atoms with Crippen molar-refractivity contribution in [3.63, 3.8) is 0 Å². The van der Waals surface area contributed by atoms with Gasteiger partial charge in [-0.2, -0.15) is 0 Å². The highest BCUT2D eigenvalue weighted by Crippen LogP contribution is 2.21. The first kappa shape index (κ1) is 7.18. The van der Waals surface area contributed by atoms with Crippen molar-refractivity contribution in [2.45, 2.75) is 13.5 Å². The van der Waals surface area contributed by atoms with Gasteiger partial charge in [-0.15, -0.1) is 11.3 Å². The topological polar surface area (TPSA) is 33.1 Å². The zero-order valence-electron chi connectivity index (χ0n) is 4.89. The van der Waals surface area contributed by atoms with E-state index in [1.165, 1.54) is 11.3 Å². The van der Waals surface area contributed by atoms with E-state index in [-0.39, 0.29) is 6.61 Å². The number of aliphatic hydroxyl groups excluding tert-OH is 1. The lowest BCUT2D eigenvalue weighted by Gasteiger charge is -1.85. The monoisotopic (exact) mass is 207 g/mol. The molecular weight excluding hydrogens is 202 g/mol. The Kier molecular flexibility index (Phi) is 2.21. The van der Waals surface area contributed by atoms with Gasteiger partial charge in [-0.05, 0) is 22.9 Å². The van der Waals surface area contributed by atoms with Crippen LogP contribution in [-0.2, 0) is 6.61 Å². The molecule has 0 unspecified atom stereocenters. The molecule has 1 rings (SSSR count). The Labute approximate surface area is 65.7 Å². The summed E-state index contributed by atoms with van der Waals surface area (Å²) in [4.78, 5) is 4.99. The van der Waals surface area contributed by atoms with Crippen molar-refractivity contribution >= 4 is 27.3 Å². The summed E-state index contributed by atoms with van der Waals surface area (Å²) in [5.41, 5.74) is 0.911. The van der Waals surface area contributed by atoms with E-state index in [4.69, 9.17) is 5.11 Å². The molecule has 1 aromatic heterocycles. The normalized spacial score (nSPS) is 10.1. The minimum Gasteiger partial charge on any atom is -0.391 e. The fourth-order valence-electron chi connectivity index (χ4n) is 0.539. The summed E-state index contributed by atoms with van der Waals surface area (Å²) in [5.74, 6) is 0. The molecule has 4 heteroatoms. The molecule has 0 aliphatic heterocycles. The lowest BCUT2D eigenvalue weighted by atomic mass is 10.4. The minimum atomic E-state index is 0.0924. The summed E-state index contributed by atoms with van der Waals surface area (Å²) in [7, 11) is 0. The van der Waals surface area contributed by atoms with Crippen LogP contribution in [0.25, 0.3) is 0 Å². The molecule has 50 valence electrons. The van der Waals surface area contributed by atoms with Gasteiger partial charge in [0.15, 0.2) is 3.92 Å². The van der Waals surface area contributed by atoms with E-state index in [1.54, 1.807) is 0 Å². The average Bonchev–Trinajstić information content (AvgIpc) is 2.10. The van der Waals surface area contributed by atoms with Gasteiger partial charge in [0.05, 0.1) is 17.2 Å². The maximum Gasteiger partial charge on any atom is 0.159 e. The average molecular weight is 208 g/mol. The van der Waals surface area contributed by atoms with Crippen molar-refractivity contribution in [3.05, 3.63) is 14.5 Å². The number of rotatable bonds is 1. The summed E-state index contributed by atoms with van der Waals surface area (Å²) < 4.78 is 0.837. The number of hydrogen-bond donors (Lipinski definition) is 1. The van der Waals surface area contributed by atoms with Gasteiger partial charge in [0.25, 0.3) is 0 Å². The predicted molar refractivity (Wildman–Crippen MR) is 40.5 cm³/mol. The number of aliphatic hydroxyl groups is 1. The Morgan fingerprint density at radius 3 is 2.67 bits per heavy atom. The van der Waals surface area contributed by atoms with Crippen LogP contribution >= 0.6 is 27.3 Å². The van der Waals surface area contributed by atoms with Crippen LogP contribution in [0.3, 0.4) is 0 Å². The molecule has 0 bridgehead atoms. The molecule has 0 atom stereocenters. The first-order valence-electron chi connectivity index (χ1n) is 2.46. The Bertz CT molecular complexity index is 211. The molecule has 0 fully saturated rings. The number of nitrogens with zero attached hydrogens (tertiary/aromatic N) is 1. The van der Waals surface area contributed by atoms with Crippen molar-refractivity contribution < 1.29 is 5.11 Å². The SMILES string of the molecule is Cc1nc(Br)sc1CO. The van der Waals surface area contributed by atoms with Crippen LogP contribution in [0.1, 0.15) is 10.6 Å². The van der Waals surface area contributed by atoms with Crippen molar-refractivity contribution in [1.82, 2.24) is 4.98 Å². The Hall–Kier alpha value is 0.0700. The third kappa shape index (κ3) is 1.50. The highest BCUT2D eigenvalue weighted by atomic mass is 79.9. The maximum atomic E-state index is 8.68. The van der Waals surface area contributed by atoms with Crippen LogP contribution in [0.4, 0.5) is 0 Å². The van der Waals surface area contributed by atoms with Gasteiger partial charge in [0.1, 0.15) is 0 Å². The molecule has 0 aliphatic rings. The van der Waals surface area contributed by atoms with Crippen molar-refractivity contribution in [3.8, 4) is 0 Å². The summed E-state index contributed by atoms with van der Waals surface area (Å²) in [6.45, 7) is 1.97. The number of halogens is 1. The van der Waals surface area contributed by atoms with Gasteiger partial charge in [0.2, 0.25) is 0 Å². The Morgan fingerprint density at radius 1 is 1.78 bits per heavy atom. The smallest absolute Gasteiger partial charge is 0.159 e. The van der Waals surface area contributed by atoms with Crippen LogP contribution in [-0.4, -0.2) is 10.1 Å². The zero-order chi connectivity index (χ0) is 6.85. The largest absolute Gasteiger partial charge is 0.391 e. The van der Waals surface area contributed by atoms with Crippen LogP contribution in [0.15, 0.2) is 3.92 Å². The molecule has 0 saturated heterocycles. The summed E-state index contributed by atoms with van der Waals surface area (Å²) in [5, 5.41) is 8.68. The molecule has 2 nitrogen and oxygen atoms in total. The molecule has 0 spiro atoms. The van der Waals surface area contributed by atoms with Gasteiger partial charge < -0.3 is 5.11 Å². The van der Waals surface area contributed by atoms with Crippen LogP contribution < -0.4 is 0 Å². The molecule has 0 amide bonds. The van der Waals surface area contributed by atoms with Gasteiger partial charge in [-0.3, -0.25) is 0 Å². The van der Waals surface area contributed by atoms with Crippen LogP contribution in [0.2, 0.25) is 0 Å². The maximum absolute atomic E-state index is 8.68. The fraction of sp³-hybridized carbons (Fsp3) is 0.400.